The fourth-order valence-electron chi connectivity index (χ4n) is 3.53. The molecule has 0 saturated carbocycles. The van der Waals surface area contributed by atoms with Gasteiger partial charge in [0.15, 0.2) is 17.2 Å². The highest BCUT2D eigenvalue weighted by Gasteiger charge is 2.24. The van der Waals surface area contributed by atoms with Gasteiger partial charge in [-0.15, -0.1) is 0 Å². The first-order chi connectivity index (χ1) is 17.4. The third-order valence-electron chi connectivity index (χ3n) is 5.23. The minimum atomic E-state index is -0.654. The van der Waals surface area contributed by atoms with Gasteiger partial charge >= 0.3 is 11.9 Å². The number of nitrogens with zero attached hydrogens (tertiary/aromatic N) is 1. The second-order valence-electron chi connectivity index (χ2n) is 7.57. The number of cyclic esters (lactones) is 1. The summed E-state index contributed by atoms with van der Waals surface area (Å²) in [5.41, 5.74) is 1.72. The van der Waals surface area contributed by atoms with Crippen molar-refractivity contribution in [3.8, 4) is 23.0 Å². The minimum Gasteiger partial charge on any atom is -0.493 e. The van der Waals surface area contributed by atoms with E-state index < -0.39 is 11.9 Å². The van der Waals surface area contributed by atoms with Crippen LogP contribution >= 0.6 is 15.9 Å². The molecule has 0 bridgehead atoms. The zero-order valence-corrected chi connectivity index (χ0v) is 21.3. The number of carbonyl (C=O) groups is 2. The van der Waals surface area contributed by atoms with Gasteiger partial charge in [-0.2, -0.15) is 0 Å². The highest BCUT2D eigenvalue weighted by Crippen LogP contribution is 2.38. The molecule has 184 valence electrons. The summed E-state index contributed by atoms with van der Waals surface area (Å²) >= 11 is 3.41. The molecule has 0 N–H and O–H groups in total. The second-order valence-corrected chi connectivity index (χ2v) is 8.49. The molecule has 3 aromatic carbocycles. The quantitative estimate of drug-likeness (QED) is 0.215. The fourth-order valence-corrected chi connectivity index (χ4v) is 3.91. The van der Waals surface area contributed by atoms with Gasteiger partial charge in [-0.1, -0.05) is 46.3 Å². The molecule has 0 amide bonds. The van der Waals surface area contributed by atoms with E-state index in [4.69, 9.17) is 23.7 Å². The Kier molecular flexibility index (Phi) is 7.70. The average Bonchev–Trinajstić information content (AvgIpc) is 3.23. The molecule has 3 aromatic rings. The van der Waals surface area contributed by atoms with Crippen LogP contribution in [0.3, 0.4) is 0 Å². The molecule has 1 aliphatic heterocycles. The normalized spacial score (nSPS) is 13.7. The lowest BCUT2D eigenvalue weighted by molar-refractivity contribution is -0.130. The van der Waals surface area contributed by atoms with Gasteiger partial charge < -0.3 is 23.7 Å². The first-order valence-electron chi connectivity index (χ1n) is 10.8. The van der Waals surface area contributed by atoms with Gasteiger partial charge in [-0.3, -0.25) is 0 Å². The maximum Gasteiger partial charge on any atom is 0.363 e. The molecular formula is C27H22BrNO7. The van der Waals surface area contributed by atoms with Crippen molar-refractivity contribution < 1.29 is 33.3 Å². The van der Waals surface area contributed by atoms with Crippen LogP contribution in [0, 0.1) is 0 Å². The van der Waals surface area contributed by atoms with E-state index in [0.29, 0.717) is 35.1 Å². The molecule has 0 atom stereocenters. The van der Waals surface area contributed by atoms with Gasteiger partial charge in [0.2, 0.25) is 11.6 Å². The lowest BCUT2D eigenvalue weighted by Gasteiger charge is -2.14. The van der Waals surface area contributed by atoms with Crippen LogP contribution in [0.4, 0.5) is 0 Å². The number of hydrogen-bond acceptors (Lipinski definition) is 8. The number of rotatable bonds is 8. The molecule has 1 heterocycles. The van der Waals surface area contributed by atoms with Crippen molar-refractivity contribution in [3.63, 3.8) is 0 Å². The topological polar surface area (TPSA) is 92.7 Å². The van der Waals surface area contributed by atoms with Gasteiger partial charge in [0.05, 0.1) is 26.9 Å². The van der Waals surface area contributed by atoms with Crippen LogP contribution in [0.1, 0.15) is 21.5 Å². The van der Waals surface area contributed by atoms with Crippen LogP contribution in [0.25, 0.3) is 6.08 Å². The minimum absolute atomic E-state index is 0.101. The molecule has 4 rings (SSSR count). The predicted octanol–water partition coefficient (Wildman–Crippen LogP) is 5.23. The largest absolute Gasteiger partial charge is 0.493 e. The van der Waals surface area contributed by atoms with Gasteiger partial charge in [0, 0.05) is 16.5 Å². The summed E-state index contributed by atoms with van der Waals surface area (Å²) in [4.78, 5) is 29.8. The van der Waals surface area contributed by atoms with Crippen LogP contribution in [-0.2, 0) is 16.0 Å². The SMILES string of the molecule is COc1cc(C(=O)Oc2ccc(Br)cc2/C=C2/N=C(Cc3ccccc3)OC2=O)cc(OC)c1OC. The number of methoxy groups -OCH3 is 3. The van der Waals surface area contributed by atoms with Crippen LogP contribution in [0.5, 0.6) is 23.0 Å². The predicted molar refractivity (Wildman–Crippen MR) is 137 cm³/mol. The number of aliphatic imine (C=N–C) groups is 1. The van der Waals surface area contributed by atoms with Crippen molar-refractivity contribution in [2.45, 2.75) is 6.42 Å². The summed E-state index contributed by atoms with van der Waals surface area (Å²) in [7, 11) is 4.39. The van der Waals surface area contributed by atoms with Crippen LogP contribution in [-0.4, -0.2) is 39.2 Å². The number of carbonyl (C=O) groups excluding carboxylic acids is 2. The molecule has 0 spiro atoms. The Morgan fingerprint density at radius 3 is 2.28 bits per heavy atom. The Hall–Kier alpha value is -4.11. The van der Waals surface area contributed by atoms with E-state index in [1.54, 1.807) is 18.2 Å². The van der Waals surface area contributed by atoms with Crippen molar-refractivity contribution in [2.24, 2.45) is 4.99 Å². The number of esters is 2. The van der Waals surface area contributed by atoms with E-state index in [9.17, 15) is 9.59 Å². The summed E-state index contributed by atoms with van der Waals surface area (Å²) < 4.78 is 27.7. The first-order valence-corrected chi connectivity index (χ1v) is 11.6. The molecule has 0 saturated heterocycles. The summed E-state index contributed by atoms with van der Waals surface area (Å²) in [5, 5.41) is 0. The summed E-state index contributed by atoms with van der Waals surface area (Å²) in [6.45, 7) is 0. The Morgan fingerprint density at radius 2 is 1.64 bits per heavy atom. The molecule has 8 nitrogen and oxygen atoms in total. The van der Waals surface area contributed by atoms with Crippen LogP contribution < -0.4 is 18.9 Å². The zero-order chi connectivity index (χ0) is 25.7. The van der Waals surface area contributed by atoms with Crippen LogP contribution in [0.2, 0.25) is 0 Å². The summed E-state index contributed by atoms with van der Waals surface area (Å²) in [5.74, 6) is 0.273. The number of hydrogen-bond donors (Lipinski definition) is 0. The second kappa shape index (κ2) is 11.1. The van der Waals surface area contributed by atoms with Crippen molar-refractivity contribution in [2.75, 3.05) is 21.3 Å². The zero-order valence-electron chi connectivity index (χ0n) is 19.7. The molecule has 0 aliphatic carbocycles. The third kappa shape index (κ3) is 5.58. The number of benzene rings is 3. The standard InChI is InChI=1S/C27H22BrNO7/c1-32-22-14-18(15-23(33-2)25(22)34-3)26(30)35-21-10-9-19(28)12-17(21)13-20-27(31)36-24(29-20)11-16-7-5-4-6-8-16/h4-10,12-15H,11H2,1-3H3/b20-13+. The monoisotopic (exact) mass is 551 g/mol. The van der Waals surface area contributed by atoms with Gasteiger partial charge in [0.25, 0.3) is 0 Å². The molecule has 0 unspecified atom stereocenters. The lowest BCUT2D eigenvalue weighted by Crippen LogP contribution is -2.10. The van der Waals surface area contributed by atoms with Crippen molar-refractivity contribution in [1.82, 2.24) is 0 Å². The molecular weight excluding hydrogens is 530 g/mol. The molecule has 36 heavy (non-hydrogen) atoms. The van der Waals surface area contributed by atoms with Gasteiger partial charge in [-0.25, -0.2) is 14.6 Å². The van der Waals surface area contributed by atoms with Crippen molar-refractivity contribution >= 4 is 39.8 Å². The highest BCUT2D eigenvalue weighted by atomic mass is 79.9. The molecule has 0 aromatic heterocycles. The summed E-state index contributed by atoms with van der Waals surface area (Å²) in [6, 6.07) is 17.6. The van der Waals surface area contributed by atoms with Gasteiger partial charge in [0.1, 0.15) is 5.75 Å². The van der Waals surface area contributed by atoms with E-state index >= 15 is 0 Å². The number of ether oxygens (including phenoxy) is 5. The first kappa shape index (κ1) is 25.0. The number of halogens is 1. The Morgan fingerprint density at radius 1 is 0.944 bits per heavy atom. The Labute approximate surface area is 216 Å². The van der Waals surface area contributed by atoms with E-state index in [1.165, 1.54) is 39.5 Å². The Bertz CT molecular complexity index is 1340. The van der Waals surface area contributed by atoms with Gasteiger partial charge in [-0.05, 0) is 42.0 Å². The summed E-state index contributed by atoms with van der Waals surface area (Å²) in [6.07, 6.45) is 1.90. The van der Waals surface area contributed by atoms with E-state index in [-0.39, 0.29) is 17.0 Å². The molecule has 1 aliphatic rings. The third-order valence-corrected chi connectivity index (χ3v) is 5.72. The molecule has 9 heteroatoms. The maximum absolute atomic E-state index is 13.0. The highest BCUT2D eigenvalue weighted by molar-refractivity contribution is 9.10. The van der Waals surface area contributed by atoms with Crippen molar-refractivity contribution in [3.05, 3.63) is 87.5 Å². The fraction of sp³-hybridized carbons (Fsp3) is 0.148. The van der Waals surface area contributed by atoms with E-state index in [2.05, 4.69) is 20.9 Å². The Balaban J connectivity index is 1.62. The molecule has 0 radical (unpaired) electrons. The van der Waals surface area contributed by atoms with E-state index in [0.717, 1.165) is 10.0 Å². The van der Waals surface area contributed by atoms with Crippen molar-refractivity contribution in [1.29, 1.82) is 0 Å². The van der Waals surface area contributed by atoms with Crippen LogP contribution in [0.15, 0.2) is 75.8 Å². The maximum atomic E-state index is 13.0. The van der Waals surface area contributed by atoms with E-state index in [1.807, 2.05) is 30.3 Å². The smallest absolute Gasteiger partial charge is 0.363 e. The molecule has 0 fully saturated rings. The average molecular weight is 552 g/mol. The lowest BCUT2D eigenvalue weighted by atomic mass is 10.1.